The zero-order valence-corrected chi connectivity index (χ0v) is 9.06. The summed E-state index contributed by atoms with van der Waals surface area (Å²) in [4.78, 5) is 0. The van der Waals surface area contributed by atoms with Crippen molar-refractivity contribution < 1.29 is 8.78 Å². The highest BCUT2D eigenvalue weighted by atomic mass is 19.1. The van der Waals surface area contributed by atoms with Gasteiger partial charge in [0.2, 0.25) is 0 Å². The standard InChI is InChI=1S/C10H11F2N5/c1-17-9(5-14-16-17)10(15-13)7-4-6(11)2-3-8(7)12/h2-5,10,15H,13H2,1H3. The van der Waals surface area contributed by atoms with Crippen molar-refractivity contribution in [1.29, 1.82) is 0 Å². The minimum absolute atomic E-state index is 0.109. The molecule has 0 saturated heterocycles. The summed E-state index contributed by atoms with van der Waals surface area (Å²) in [5.74, 6) is 4.30. The lowest BCUT2D eigenvalue weighted by Gasteiger charge is -2.16. The fraction of sp³-hybridized carbons (Fsp3) is 0.200. The van der Waals surface area contributed by atoms with E-state index >= 15 is 0 Å². The molecule has 2 rings (SSSR count). The maximum Gasteiger partial charge on any atom is 0.128 e. The molecule has 0 amide bonds. The van der Waals surface area contributed by atoms with Gasteiger partial charge in [0.25, 0.3) is 0 Å². The van der Waals surface area contributed by atoms with Gasteiger partial charge in [0.15, 0.2) is 0 Å². The molecule has 0 bridgehead atoms. The van der Waals surface area contributed by atoms with Crippen molar-refractivity contribution >= 4 is 0 Å². The Morgan fingerprint density at radius 1 is 1.41 bits per heavy atom. The molecule has 17 heavy (non-hydrogen) atoms. The van der Waals surface area contributed by atoms with Crippen LogP contribution < -0.4 is 11.3 Å². The summed E-state index contributed by atoms with van der Waals surface area (Å²) >= 11 is 0. The lowest BCUT2D eigenvalue weighted by atomic mass is 10.0. The second-order valence-corrected chi connectivity index (χ2v) is 3.55. The monoisotopic (exact) mass is 239 g/mol. The molecule has 1 unspecified atom stereocenters. The zero-order valence-electron chi connectivity index (χ0n) is 9.06. The molecule has 0 spiro atoms. The van der Waals surface area contributed by atoms with E-state index < -0.39 is 17.7 Å². The summed E-state index contributed by atoms with van der Waals surface area (Å²) in [7, 11) is 1.64. The maximum atomic E-state index is 13.6. The van der Waals surface area contributed by atoms with Crippen LogP contribution in [-0.2, 0) is 7.05 Å². The van der Waals surface area contributed by atoms with Crippen LogP contribution in [-0.4, -0.2) is 15.0 Å². The Hall–Kier alpha value is -1.86. The number of benzene rings is 1. The summed E-state index contributed by atoms with van der Waals surface area (Å²) in [6.07, 6.45) is 1.44. The third kappa shape index (κ3) is 2.15. The van der Waals surface area contributed by atoms with Gasteiger partial charge in [-0.05, 0) is 18.2 Å². The second-order valence-electron chi connectivity index (χ2n) is 3.55. The second kappa shape index (κ2) is 4.56. The van der Waals surface area contributed by atoms with Crippen LogP contribution in [0.2, 0.25) is 0 Å². The number of nitrogens with two attached hydrogens (primary N) is 1. The van der Waals surface area contributed by atoms with Crippen LogP contribution in [0.25, 0.3) is 0 Å². The van der Waals surface area contributed by atoms with Crippen LogP contribution in [0.15, 0.2) is 24.4 Å². The van der Waals surface area contributed by atoms with E-state index in [9.17, 15) is 8.78 Å². The van der Waals surface area contributed by atoms with Crippen molar-refractivity contribution in [2.75, 3.05) is 0 Å². The normalized spacial score (nSPS) is 12.7. The Morgan fingerprint density at radius 3 is 2.76 bits per heavy atom. The molecule has 0 aliphatic rings. The molecule has 2 aromatic rings. The number of hydrazine groups is 1. The average Bonchev–Trinajstić information content (AvgIpc) is 2.71. The van der Waals surface area contributed by atoms with Crippen molar-refractivity contribution in [1.82, 2.24) is 20.4 Å². The Balaban J connectivity index is 2.49. The van der Waals surface area contributed by atoms with Crippen molar-refractivity contribution in [3.63, 3.8) is 0 Å². The van der Waals surface area contributed by atoms with Crippen molar-refractivity contribution in [2.45, 2.75) is 6.04 Å². The first kappa shape index (κ1) is 11.6. The molecule has 3 N–H and O–H groups in total. The van der Waals surface area contributed by atoms with Crippen molar-refractivity contribution in [2.24, 2.45) is 12.9 Å². The largest absolute Gasteiger partial charge is 0.271 e. The van der Waals surface area contributed by atoms with Gasteiger partial charge in [0.05, 0.1) is 17.9 Å². The minimum Gasteiger partial charge on any atom is -0.271 e. The van der Waals surface area contributed by atoms with Gasteiger partial charge in [-0.1, -0.05) is 5.21 Å². The average molecular weight is 239 g/mol. The summed E-state index contributed by atoms with van der Waals surface area (Å²) in [6, 6.07) is 2.49. The number of hydrogen-bond donors (Lipinski definition) is 2. The maximum absolute atomic E-state index is 13.6. The molecule has 1 atom stereocenters. The van der Waals surface area contributed by atoms with E-state index in [2.05, 4.69) is 15.7 Å². The van der Waals surface area contributed by atoms with E-state index in [1.807, 2.05) is 0 Å². The highest BCUT2D eigenvalue weighted by molar-refractivity contribution is 5.28. The highest BCUT2D eigenvalue weighted by Gasteiger charge is 2.20. The molecular weight excluding hydrogens is 228 g/mol. The first-order valence-electron chi connectivity index (χ1n) is 4.89. The molecule has 1 aromatic heterocycles. The fourth-order valence-corrected chi connectivity index (χ4v) is 1.63. The molecule has 0 saturated carbocycles. The first-order valence-corrected chi connectivity index (χ1v) is 4.89. The molecular formula is C10H11F2N5. The Bertz CT molecular complexity index is 525. The van der Waals surface area contributed by atoms with Crippen LogP contribution in [0.1, 0.15) is 17.3 Å². The van der Waals surface area contributed by atoms with E-state index in [1.54, 1.807) is 7.05 Å². The number of aryl methyl sites for hydroxylation is 1. The number of hydrogen-bond acceptors (Lipinski definition) is 4. The summed E-state index contributed by atoms with van der Waals surface area (Å²) < 4.78 is 28.2. The van der Waals surface area contributed by atoms with Gasteiger partial charge >= 0.3 is 0 Å². The smallest absolute Gasteiger partial charge is 0.128 e. The van der Waals surface area contributed by atoms with Gasteiger partial charge in [-0.3, -0.25) is 10.5 Å². The van der Waals surface area contributed by atoms with E-state index in [1.165, 1.54) is 10.9 Å². The number of aromatic nitrogens is 3. The number of nitrogens with one attached hydrogen (secondary N) is 1. The van der Waals surface area contributed by atoms with Gasteiger partial charge < -0.3 is 0 Å². The summed E-state index contributed by atoms with van der Waals surface area (Å²) in [6.45, 7) is 0. The quantitative estimate of drug-likeness (QED) is 0.609. The van der Waals surface area contributed by atoms with Crippen molar-refractivity contribution in [3.8, 4) is 0 Å². The van der Waals surface area contributed by atoms with Crippen molar-refractivity contribution in [3.05, 3.63) is 47.3 Å². The van der Waals surface area contributed by atoms with E-state index in [4.69, 9.17) is 5.84 Å². The van der Waals surface area contributed by atoms with Gasteiger partial charge in [0.1, 0.15) is 11.6 Å². The van der Waals surface area contributed by atoms with Gasteiger partial charge in [-0.25, -0.2) is 14.2 Å². The van der Waals surface area contributed by atoms with E-state index in [0.29, 0.717) is 5.69 Å². The number of halogens is 2. The first-order chi connectivity index (χ1) is 8.13. The molecule has 1 aromatic carbocycles. The summed E-state index contributed by atoms with van der Waals surface area (Å²) in [5.41, 5.74) is 3.07. The number of nitrogens with zero attached hydrogens (tertiary/aromatic N) is 3. The van der Waals surface area contributed by atoms with Crippen LogP contribution in [0.4, 0.5) is 8.78 Å². The minimum atomic E-state index is -0.703. The van der Waals surface area contributed by atoms with Gasteiger partial charge in [-0.15, -0.1) is 5.10 Å². The molecule has 1 heterocycles. The van der Waals surface area contributed by atoms with Gasteiger partial charge in [-0.2, -0.15) is 0 Å². The number of rotatable bonds is 3. The SMILES string of the molecule is Cn1nncc1C(NN)c1cc(F)ccc1F. The molecule has 5 nitrogen and oxygen atoms in total. The molecule has 0 fully saturated rings. The lowest BCUT2D eigenvalue weighted by molar-refractivity contribution is 0.522. The highest BCUT2D eigenvalue weighted by Crippen LogP contribution is 2.23. The molecule has 0 radical (unpaired) electrons. The Kier molecular flexibility index (Phi) is 3.12. The predicted octanol–water partition coefficient (Wildman–Crippen LogP) is 0.646. The lowest BCUT2D eigenvalue weighted by Crippen LogP contribution is -2.31. The van der Waals surface area contributed by atoms with E-state index in [-0.39, 0.29) is 5.56 Å². The van der Waals surface area contributed by atoms with Crippen LogP contribution in [0.5, 0.6) is 0 Å². The van der Waals surface area contributed by atoms with Gasteiger partial charge in [0, 0.05) is 12.6 Å². The molecule has 0 aliphatic heterocycles. The van der Waals surface area contributed by atoms with Crippen LogP contribution in [0, 0.1) is 11.6 Å². The molecule has 7 heteroatoms. The van der Waals surface area contributed by atoms with E-state index in [0.717, 1.165) is 18.2 Å². The van der Waals surface area contributed by atoms with Crippen LogP contribution >= 0.6 is 0 Å². The predicted molar refractivity (Wildman–Crippen MR) is 56.5 cm³/mol. The Morgan fingerprint density at radius 2 is 2.18 bits per heavy atom. The topological polar surface area (TPSA) is 68.8 Å². The third-order valence-electron chi connectivity index (χ3n) is 2.48. The zero-order chi connectivity index (χ0) is 12.4. The molecule has 0 aliphatic carbocycles. The van der Waals surface area contributed by atoms with Crippen LogP contribution in [0.3, 0.4) is 0 Å². The molecule has 90 valence electrons. The Labute approximate surface area is 96.2 Å². The third-order valence-corrected chi connectivity index (χ3v) is 2.48. The fourth-order valence-electron chi connectivity index (χ4n) is 1.63. The summed E-state index contributed by atoms with van der Waals surface area (Å²) in [5, 5.41) is 7.39.